The Morgan fingerprint density at radius 2 is 1.87 bits per heavy atom. The summed E-state index contributed by atoms with van der Waals surface area (Å²) in [5.74, 6) is -0.227. The molecule has 2 saturated carbocycles. The number of esters is 1. The lowest BCUT2D eigenvalue weighted by Gasteiger charge is -2.35. The average molecular weight is 839 g/mol. The van der Waals surface area contributed by atoms with Gasteiger partial charge in [-0.2, -0.15) is 0 Å². The van der Waals surface area contributed by atoms with Crippen molar-refractivity contribution in [1.29, 1.82) is 0 Å². The molecule has 8 atom stereocenters. The van der Waals surface area contributed by atoms with Crippen LogP contribution in [0.3, 0.4) is 0 Å². The number of nitrogens with zero attached hydrogens (tertiary/aromatic N) is 6. The molecule has 2 aromatic heterocycles. The topological polar surface area (TPSA) is 134 Å². The fourth-order valence-electron chi connectivity index (χ4n) is 10.1. The number of piperazine rings is 1. The molecule has 322 valence electrons. The van der Waals surface area contributed by atoms with Crippen molar-refractivity contribution in [3.05, 3.63) is 47.3 Å². The van der Waals surface area contributed by atoms with Gasteiger partial charge >= 0.3 is 5.97 Å². The van der Waals surface area contributed by atoms with Gasteiger partial charge in [0.2, 0.25) is 5.91 Å². The van der Waals surface area contributed by atoms with Gasteiger partial charge in [0, 0.05) is 85.8 Å². The maximum Gasteiger partial charge on any atom is 0.324 e. The number of aromatic nitrogens is 2. The third kappa shape index (κ3) is 7.75. The Kier molecular flexibility index (Phi) is 11.3. The van der Waals surface area contributed by atoms with Crippen molar-refractivity contribution >= 4 is 51.2 Å². The maximum atomic E-state index is 14.3. The number of nitrogens with one attached hydrogen (secondary N) is 2. The second-order valence-electron chi connectivity index (χ2n) is 18.5. The van der Waals surface area contributed by atoms with Crippen LogP contribution in [0.4, 0.5) is 5.69 Å². The zero-order valence-corrected chi connectivity index (χ0v) is 37.1. The average Bonchev–Trinajstić information content (AvgIpc) is 4.07. The van der Waals surface area contributed by atoms with Gasteiger partial charge in [0.1, 0.15) is 12.1 Å². The zero-order chi connectivity index (χ0) is 42.0. The maximum absolute atomic E-state index is 14.3. The van der Waals surface area contributed by atoms with Gasteiger partial charge in [0.25, 0.3) is 5.91 Å². The van der Waals surface area contributed by atoms with E-state index >= 15 is 0 Å². The van der Waals surface area contributed by atoms with Gasteiger partial charge in [-0.3, -0.25) is 29.4 Å². The molecule has 13 nitrogen and oxygen atoms in total. The van der Waals surface area contributed by atoms with Crippen LogP contribution in [-0.2, 0) is 36.8 Å². The molecule has 60 heavy (non-hydrogen) atoms. The molecule has 4 fully saturated rings. The summed E-state index contributed by atoms with van der Waals surface area (Å²) in [7, 11) is 3.92. The summed E-state index contributed by atoms with van der Waals surface area (Å²) in [6, 6.07) is 7.58. The van der Waals surface area contributed by atoms with E-state index in [2.05, 4.69) is 91.0 Å². The molecular weight excluding hydrogens is 777 g/mol. The van der Waals surface area contributed by atoms with Crippen molar-refractivity contribution in [2.45, 2.75) is 109 Å². The molecule has 2 N–H and O–H groups in total. The lowest BCUT2D eigenvalue weighted by atomic mass is 9.91. The van der Waals surface area contributed by atoms with Gasteiger partial charge in [-0.05, 0) is 94.2 Å². The monoisotopic (exact) mass is 838 g/mol. The quantitative estimate of drug-likeness (QED) is 0.277. The van der Waals surface area contributed by atoms with Crippen molar-refractivity contribution in [1.82, 2.24) is 30.2 Å². The molecule has 6 heterocycles. The Morgan fingerprint density at radius 3 is 2.57 bits per heavy atom. The van der Waals surface area contributed by atoms with Crippen molar-refractivity contribution in [2.75, 3.05) is 58.4 Å². The Balaban J connectivity index is 1.17. The number of methoxy groups -OCH3 is 1. The summed E-state index contributed by atoms with van der Waals surface area (Å²) in [5, 5.41) is 6.84. The first-order valence-corrected chi connectivity index (χ1v) is 23.2. The number of amides is 2. The highest BCUT2D eigenvalue weighted by molar-refractivity contribution is 8.14. The molecule has 6 aliphatic rings. The van der Waals surface area contributed by atoms with Gasteiger partial charge in [-0.25, -0.2) is 5.43 Å². The molecule has 14 heteroatoms. The van der Waals surface area contributed by atoms with Crippen LogP contribution in [0.1, 0.15) is 95.7 Å². The Hall–Kier alpha value is -3.98. The molecule has 3 unspecified atom stereocenters. The van der Waals surface area contributed by atoms with Crippen LogP contribution in [0.5, 0.6) is 0 Å². The minimum absolute atomic E-state index is 0.0899. The van der Waals surface area contributed by atoms with Crippen LogP contribution < -0.4 is 15.6 Å². The number of carbonyl (C=O) groups excluding carboxylic acids is 3. The number of thioether (sulfide) groups is 1. The van der Waals surface area contributed by atoms with Gasteiger partial charge in [-0.1, -0.05) is 26.8 Å². The number of aliphatic imine (C=N–C) groups is 1. The number of aryl methyl sites for hydroxylation is 1. The molecule has 3 aromatic rings. The third-order valence-corrected chi connectivity index (χ3v) is 15.7. The minimum Gasteiger partial charge on any atom is -0.464 e. The van der Waals surface area contributed by atoms with Gasteiger partial charge in [-0.15, -0.1) is 11.8 Å². The van der Waals surface area contributed by atoms with E-state index in [4.69, 9.17) is 19.5 Å². The van der Waals surface area contributed by atoms with E-state index in [1.54, 1.807) is 23.9 Å². The Bertz CT molecular complexity index is 2190. The molecule has 6 bridgehead atoms. The Labute approximate surface area is 358 Å². The highest BCUT2D eigenvalue weighted by Crippen LogP contribution is 2.53. The first-order chi connectivity index (χ1) is 28.9. The summed E-state index contributed by atoms with van der Waals surface area (Å²) in [4.78, 5) is 57.0. The first kappa shape index (κ1) is 41.4. The molecule has 2 saturated heterocycles. The van der Waals surface area contributed by atoms with E-state index < -0.39 is 12.1 Å². The van der Waals surface area contributed by atoms with E-state index in [1.807, 2.05) is 6.20 Å². The lowest BCUT2D eigenvalue weighted by molar-refractivity contribution is -0.154. The number of hydrazine groups is 1. The van der Waals surface area contributed by atoms with Crippen molar-refractivity contribution in [3.63, 3.8) is 0 Å². The van der Waals surface area contributed by atoms with Crippen molar-refractivity contribution in [3.8, 4) is 11.3 Å². The summed E-state index contributed by atoms with van der Waals surface area (Å²) in [5.41, 5.74) is 10.8. The van der Waals surface area contributed by atoms with E-state index in [1.165, 1.54) is 10.9 Å². The predicted octanol–water partition coefficient (Wildman–Crippen LogP) is 5.91. The van der Waals surface area contributed by atoms with Crippen LogP contribution in [0, 0.1) is 23.2 Å². The fraction of sp³-hybridized carbons (Fsp3) is 0.630. The van der Waals surface area contributed by atoms with E-state index in [-0.39, 0.29) is 58.3 Å². The van der Waals surface area contributed by atoms with E-state index in [0.29, 0.717) is 32.4 Å². The van der Waals surface area contributed by atoms with Crippen LogP contribution >= 0.6 is 11.8 Å². The fourth-order valence-corrected chi connectivity index (χ4v) is 11.3. The number of cyclic esters (lactones) is 1. The highest BCUT2D eigenvalue weighted by Gasteiger charge is 2.50. The van der Waals surface area contributed by atoms with Crippen LogP contribution in [0.2, 0.25) is 0 Å². The standard InChI is InChI=1S/C46H62N8O5S/c1-8-53-37-12-11-30-20-32(37)34(42(53)33-21-31(24-47-40(33)28(4)58-7)52-18-16-51(6)17-19-52)23-46(13-14-46)25-59-45(57)35-10-9-15-54(50-35)44(56)36(22-38-49-41(30)29(5)60-38)48-43(55)39-26(2)27(39)3/h11-12,20-21,24,26-29,35-36,39,41,50H,8-10,13-19,22-23,25H2,1-7H3,(H,48,55)/t26-,27+,28-,29?,35-,36-,39?,41?/m0/s1. The Morgan fingerprint density at radius 1 is 1.10 bits per heavy atom. The largest absolute Gasteiger partial charge is 0.464 e. The summed E-state index contributed by atoms with van der Waals surface area (Å²) >= 11 is 1.69. The molecule has 2 amide bonds. The number of ether oxygens (including phenoxy) is 2. The molecule has 0 radical (unpaired) electrons. The van der Waals surface area contributed by atoms with Crippen molar-refractivity contribution in [2.24, 2.45) is 28.2 Å². The highest BCUT2D eigenvalue weighted by atomic mass is 32.2. The number of benzene rings is 1. The summed E-state index contributed by atoms with van der Waals surface area (Å²) in [6.07, 6.45) is 5.94. The zero-order valence-electron chi connectivity index (χ0n) is 36.3. The lowest BCUT2D eigenvalue weighted by Crippen LogP contribution is -2.60. The second kappa shape index (κ2) is 16.4. The summed E-state index contributed by atoms with van der Waals surface area (Å²) < 4.78 is 14.7. The number of rotatable bonds is 7. The number of carbonyl (C=O) groups is 3. The molecule has 9 rings (SSSR count). The number of hydrogen-bond acceptors (Lipinski definition) is 11. The number of likely N-dealkylation sites (N-methyl/N-ethyl adjacent to an activating group) is 1. The molecule has 1 spiro atoms. The second-order valence-corrected chi connectivity index (χ2v) is 20.0. The van der Waals surface area contributed by atoms with Gasteiger partial charge in [0.05, 0.1) is 47.1 Å². The van der Waals surface area contributed by atoms with Gasteiger partial charge < -0.3 is 29.2 Å². The molecule has 4 aliphatic heterocycles. The smallest absolute Gasteiger partial charge is 0.324 e. The number of hydrogen-bond donors (Lipinski definition) is 2. The molecular formula is C46H62N8O5S. The first-order valence-electron chi connectivity index (χ1n) is 22.3. The van der Waals surface area contributed by atoms with E-state index in [0.717, 1.165) is 90.7 Å². The SMILES string of the molecule is CCn1c(-c2cc(N3CCN(C)CC3)cnc2[C@H](C)OC)c2c3cc(ccc31)C1N=C(C[C@H](NC(=O)C3[C@@H](C)[C@H]3C)C(=O)N3CCC[C@H](N3)C(=O)OCC3(CC3)C2)SC1C. The number of fused-ring (bicyclic) bond motifs is 5. The van der Waals surface area contributed by atoms with Gasteiger partial charge in [0.15, 0.2) is 0 Å². The van der Waals surface area contributed by atoms with Crippen LogP contribution in [0.15, 0.2) is 35.5 Å². The summed E-state index contributed by atoms with van der Waals surface area (Å²) in [6.45, 7) is 16.0. The molecule has 1 aromatic carbocycles. The van der Waals surface area contributed by atoms with Crippen LogP contribution in [-0.4, -0.2) is 113 Å². The number of pyridine rings is 1. The third-order valence-electron chi connectivity index (χ3n) is 14.5. The van der Waals surface area contributed by atoms with E-state index in [9.17, 15) is 14.4 Å². The van der Waals surface area contributed by atoms with Crippen LogP contribution in [0.25, 0.3) is 22.2 Å². The predicted molar refractivity (Wildman–Crippen MR) is 236 cm³/mol. The van der Waals surface area contributed by atoms with Crippen molar-refractivity contribution < 1.29 is 23.9 Å². The molecule has 2 aliphatic carbocycles. The number of anilines is 1. The normalized spacial score (nSPS) is 29.9. The minimum atomic E-state index is -0.806.